The summed E-state index contributed by atoms with van der Waals surface area (Å²) < 4.78 is 16.0. The summed E-state index contributed by atoms with van der Waals surface area (Å²) in [6, 6.07) is 15.4. The Morgan fingerprint density at radius 1 is 1.10 bits per heavy atom. The van der Waals surface area contributed by atoms with E-state index < -0.39 is 6.10 Å². The van der Waals surface area contributed by atoms with E-state index in [4.69, 9.17) is 14.2 Å². The number of methoxy groups -OCH3 is 2. The van der Waals surface area contributed by atoms with Crippen LogP contribution in [0.25, 0.3) is 0 Å². The number of ether oxygens (including phenoxy) is 3. The molecule has 1 saturated heterocycles. The van der Waals surface area contributed by atoms with Crippen molar-refractivity contribution < 1.29 is 24.1 Å². The highest BCUT2D eigenvalue weighted by atomic mass is 16.5. The van der Waals surface area contributed by atoms with Crippen molar-refractivity contribution in [3.05, 3.63) is 54.1 Å². The van der Waals surface area contributed by atoms with Crippen molar-refractivity contribution in [3.8, 4) is 17.2 Å². The molecule has 1 aliphatic rings. The largest absolute Gasteiger partial charge is 0.497 e. The van der Waals surface area contributed by atoms with Gasteiger partial charge in [0, 0.05) is 25.1 Å². The minimum absolute atomic E-state index is 0.0978. The molecule has 3 rings (SSSR count). The van der Waals surface area contributed by atoms with E-state index in [0.29, 0.717) is 17.9 Å². The highest BCUT2D eigenvalue weighted by Crippen LogP contribution is 2.22. The number of carbonyl (C=O) groups excluding carboxylic acids is 1. The first-order chi connectivity index (χ1) is 15.1. The third kappa shape index (κ3) is 6.87. The van der Waals surface area contributed by atoms with Gasteiger partial charge in [0.2, 0.25) is 5.91 Å². The number of aliphatic hydroxyl groups excluding tert-OH is 1. The second-order valence-electron chi connectivity index (χ2n) is 7.70. The van der Waals surface area contributed by atoms with Crippen LogP contribution in [0.2, 0.25) is 0 Å². The molecule has 7 heteroatoms. The molecule has 2 aromatic carbocycles. The summed E-state index contributed by atoms with van der Waals surface area (Å²) in [6.45, 7) is 1.98. The Labute approximate surface area is 183 Å². The number of benzene rings is 2. The number of amides is 1. The average molecular weight is 429 g/mol. The lowest BCUT2D eigenvalue weighted by molar-refractivity contribution is -0.130. The van der Waals surface area contributed by atoms with Crippen LogP contribution >= 0.6 is 0 Å². The molecule has 31 heavy (non-hydrogen) atoms. The van der Waals surface area contributed by atoms with E-state index in [1.807, 2.05) is 42.5 Å². The molecule has 1 fully saturated rings. The number of aliphatic hydroxyl groups is 1. The SMILES string of the molecule is COc1ccc(CNCC[C@@H]2CCC(=O)N2C[C@H](O)COc2cccc(OC)c2)cc1. The smallest absolute Gasteiger partial charge is 0.222 e. The molecule has 1 heterocycles. The molecule has 168 valence electrons. The molecular formula is C24H32N2O5. The molecular weight excluding hydrogens is 396 g/mol. The zero-order valence-electron chi connectivity index (χ0n) is 18.3. The predicted octanol–water partition coefficient (Wildman–Crippen LogP) is 2.61. The zero-order chi connectivity index (χ0) is 22.1. The van der Waals surface area contributed by atoms with Crippen molar-refractivity contribution in [2.45, 2.75) is 38.0 Å². The van der Waals surface area contributed by atoms with E-state index in [0.717, 1.165) is 31.7 Å². The molecule has 0 unspecified atom stereocenters. The lowest BCUT2D eigenvalue weighted by Gasteiger charge is -2.27. The molecule has 0 spiro atoms. The van der Waals surface area contributed by atoms with Crippen molar-refractivity contribution in [1.82, 2.24) is 10.2 Å². The van der Waals surface area contributed by atoms with Crippen LogP contribution < -0.4 is 19.5 Å². The van der Waals surface area contributed by atoms with E-state index in [-0.39, 0.29) is 25.1 Å². The Hall–Kier alpha value is -2.77. The topological polar surface area (TPSA) is 80.3 Å². The maximum absolute atomic E-state index is 12.3. The lowest BCUT2D eigenvalue weighted by atomic mass is 10.1. The van der Waals surface area contributed by atoms with Gasteiger partial charge in [-0.05, 0) is 49.2 Å². The Kier molecular flexibility index (Phi) is 8.55. The van der Waals surface area contributed by atoms with Crippen LogP contribution in [0.15, 0.2) is 48.5 Å². The normalized spacial score (nSPS) is 16.9. The van der Waals surface area contributed by atoms with Gasteiger partial charge in [-0.2, -0.15) is 0 Å². The first kappa shape index (κ1) is 22.9. The second kappa shape index (κ2) is 11.6. The van der Waals surface area contributed by atoms with Gasteiger partial charge in [0.1, 0.15) is 30.0 Å². The summed E-state index contributed by atoms with van der Waals surface area (Å²) in [5.41, 5.74) is 1.19. The Bertz CT molecular complexity index is 827. The highest BCUT2D eigenvalue weighted by molar-refractivity contribution is 5.78. The fourth-order valence-corrected chi connectivity index (χ4v) is 3.75. The fourth-order valence-electron chi connectivity index (χ4n) is 3.75. The molecule has 1 aliphatic heterocycles. The summed E-state index contributed by atoms with van der Waals surface area (Å²) in [5.74, 6) is 2.27. The van der Waals surface area contributed by atoms with E-state index in [9.17, 15) is 9.90 Å². The van der Waals surface area contributed by atoms with Gasteiger partial charge in [0.05, 0.1) is 20.8 Å². The third-order valence-corrected chi connectivity index (χ3v) is 5.49. The van der Waals surface area contributed by atoms with Crippen molar-refractivity contribution in [1.29, 1.82) is 0 Å². The van der Waals surface area contributed by atoms with E-state index in [1.54, 1.807) is 25.2 Å². The molecule has 2 aromatic rings. The molecule has 1 amide bonds. The molecule has 2 atom stereocenters. The quantitative estimate of drug-likeness (QED) is 0.506. The van der Waals surface area contributed by atoms with Gasteiger partial charge < -0.3 is 29.5 Å². The molecule has 0 bridgehead atoms. The van der Waals surface area contributed by atoms with Crippen LogP contribution in [0.1, 0.15) is 24.8 Å². The number of likely N-dealkylation sites (tertiary alicyclic amines) is 1. The number of hydrogen-bond acceptors (Lipinski definition) is 6. The average Bonchev–Trinajstić information content (AvgIpc) is 3.15. The van der Waals surface area contributed by atoms with Gasteiger partial charge >= 0.3 is 0 Å². The number of rotatable bonds is 12. The summed E-state index contributed by atoms with van der Waals surface area (Å²) >= 11 is 0. The van der Waals surface area contributed by atoms with Crippen LogP contribution in [0.3, 0.4) is 0 Å². The maximum Gasteiger partial charge on any atom is 0.222 e. The molecule has 0 aromatic heterocycles. The molecule has 0 saturated carbocycles. The van der Waals surface area contributed by atoms with Crippen LogP contribution in [-0.4, -0.2) is 62.0 Å². The number of nitrogens with zero attached hydrogens (tertiary/aromatic N) is 1. The van der Waals surface area contributed by atoms with Gasteiger partial charge in [0.25, 0.3) is 0 Å². The van der Waals surface area contributed by atoms with Gasteiger partial charge in [-0.1, -0.05) is 18.2 Å². The Morgan fingerprint density at radius 2 is 1.84 bits per heavy atom. The van der Waals surface area contributed by atoms with Gasteiger partial charge in [0.15, 0.2) is 0 Å². The van der Waals surface area contributed by atoms with Crippen LogP contribution in [-0.2, 0) is 11.3 Å². The minimum atomic E-state index is -0.747. The maximum atomic E-state index is 12.3. The van der Waals surface area contributed by atoms with Crippen molar-refractivity contribution in [3.63, 3.8) is 0 Å². The monoisotopic (exact) mass is 428 g/mol. The molecule has 7 nitrogen and oxygen atoms in total. The third-order valence-electron chi connectivity index (χ3n) is 5.49. The first-order valence-corrected chi connectivity index (χ1v) is 10.7. The summed E-state index contributed by atoms with van der Waals surface area (Å²) in [7, 11) is 3.25. The Balaban J connectivity index is 1.41. The minimum Gasteiger partial charge on any atom is -0.497 e. The van der Waals surface area contributed by atoms with E-state index in [2.05, 4.69) is 5.32 Å². The lowest BCUT2D eigenvalue weighted by Crippen LogP contribution is -2.42. The highest BCUT2D eigenvalue weighted by Gasteiger charge is 2.31. The van der Waals surface area contributed by atoms with Gasteiger partial charge in [-0.25, -0.2) is 0 Å². The summed E-state index contributed by atoms with van der Waals surface area (Å²) in [4.78, 5) is 14.1. The standard InChI is InChI=1S/C24H32N2O5/c1-29-21-9-6-18(7-10-21)15-25-13-12-19-8-11-24(28)26(19)16-20(27)17-31-23-5-3-4-22(14-23)30-2/h3-7,9-10,14,19-20,25,27H,8,11-13,15-17H2,1-2H3/t19-,20-/m0/s1. The number of hydrogen-bond donors (Lipinski definition) is 2. The Morgan fingerprint density at radius 3 is 2.58 bits per heavy atom. The zero-order valence-corrected chi connectivity index (χ0v) is 18.3. The van der Waals surface area contributed by atoms with Crippen LogP contribution in [0.5, 0.6) is 17.2 Å². The number of carbonyl (C=O) groups is 1. The van der Waals surface area contributed by atoms with Crippen molar-refractivity contribution in [2.75, 3.05) is 33.9 Å². The predicted molar refractivity (Wildman–Crippen MR) is 119 cm³/mol. The van der Waals surface area contributed by atoms with E-state index in [1.165, 1.54) is 5.56 Å². The second-order valence-corrected chi connectivity index (χ2v) is 7.70. The van der Waals surface area contributed by atoms with Crippen LogP contribution in [0.4, 0.5) is 0 Å². The fraction of sp³-hybridized carbons (Fsp3) is 0.458. The van der Waals surface area contributed by atoms with Crippen molar-refractivity contribution in [2.24, 2.45) is 0 Å². The van der Waals surface area contributed by atoms with Gasteiger partial charge in [-0.3, -0.25) is 4.79 Å². The van der Waals surface area contributed by atoms with E-state index >= 15 is 0 Å². The molecule has 0 aliphatic carbocycles. The molecule has 2 N–H and O–H groups in total. The summed E-state index contributed by atoms with van der Waals surface area (Å²) in [5, 5.41) is 13.9. The number of nitrogens with one attached hydrogen (secondary N) is 1. The van der Waals surface area contributed by atoms with Crippen molar-refractivity contribution >= 4 is 5.91 Å². The summed E-state index contributed by atoms with van der Waals surface area (Å²) in [6.07, 6.45) is 1.47. The molecule has 0 radical (unpaired) electrons. The van der Waals surface area contributed by atoms with Gasteiger partial charge in [-0.15, -0.1) is 0 Å². The van der Waals surface area contributed by atoms with Crippen LogP contribution in [0, 0.1) is 0 Å². The first-order valence-electron chi connectivity index (χ1n) is 10.7. The number of β-amino-alcohol motifs (C(OH)–C–C–N with tert-alkyl or cyclic N) is 1.